The Morgan fingerprint density at radius 1 is 0.947 bits per heavy atom. The fourth-order valence-electron chi connectivity index (χ4n) is 1.33. The molecule has 0 spiro atoms. The van der Waals surface area contributed by atoms with Crippen molar-refractivity contribution in [3.63, 3.8) is 0 Å². The Kier molecular flexibility index (Phi) is 11.7. The lowest BCUT2D eigenvalue weighted by Crippen LogP contribution is -1.97. The summed E-state index contributed by atoms with van der Waals surface area (Å²) in [6.45, 7) is 4.87. The molecule has 2 N–H and O–H groups in total. The lowest BCUT2D eigenvalue weighted by atomic mass is 10.1. The van der Waals surface area contributed by atoms with Crippen molar-refractivity contribution in [2.24, 2.45) is 5.73 Å². The van der Waals surface area contributed by atoms with Crippen molar-refractivity contribution in [1.82, 2.24) is 0 Å². The Labute approximate surface area is 116 Å². The molecule has 0 aliphatic rings. The molecule has 0 amide bonds. The molecule has 0 unspecified atom stereocenters. The first kappa shape index (κ1) is 17.3. The molecule has 0 heterocycles. The molecule has 0 aliphatic carbocycles. The van der Waals surface area contributed by atoms with E-state index in [1.165, 1.54) is 17.2 Å². The minimum atomic E-state index is 0.608. The van der Waals surface area contributed by atoms with Gasteiger partial charge in [-0.25, -0.2) is 0 Å². The van der Waals surface area contributed by atoms with Crippen molar-refractivity contribution in [3.05, 3.63) is 48.5 Å². The average molecular weight is 259 g/mol. The zero-order chi connectivity index (χ0) is 14.3. The molecule has 0 atom stereocenters. The Hall–Kier alpha value is -1.67. The number of aldehydes is 1. The molecular weight excluding hydrogens is 234 g/mol. The van der Waals surface area contributed by atoms with Crippen LogP contribution in [-0.4, -0.2) is 12.8 Å². The third-order valence-electron chi connectivity index (χ3n) is 2.18. The highest BCUT2D eigenvalue weighted by molar-refractivity contribution is 5.81. The van der Waals surface area contributed by atoms with Gasteiger partial charge >= 0.3 is 0 Å². The summed E-state index contributed by atoms with van der Waals surface area (Å²) >= 11 is 0. The van der Waals surface area contributed by atoms with E-state index in [-0.39, 0.29) is 0 Å². The molecule has 2 heteroatoms. The van der Waals surface area contributed by atoms with E-state index in [9.17, 15) is 4.79 Å². The van der Waals surface area contributed by atoms with E-state index in [0.29, 0.717) is 13.0 Å². The first-order valence-corrected chi connectivity index (χ1v) is 6.87. The molecule has 2 rings (SSSR count). The number of carbonyl (C=O) groups excluding carboxylic acids is 1. The van der Waals surface area contributed by atoms with Crippen molar-refractivity contribution in [2.75, 3.05) is 6.54 Å². The second kappa shape index (κ2) is 12.8. The van der Waals surface area contributed by atoms with Crippen LogP contribution in [0.1, 0.15) is 33.1 Å². The van der Waals surface area contributed by atoms with Crippen molar-refractivity contribution in [3.8, 4) is 0 Å². The molecule has 19 heavy (non-hydrogen) atoms. The summed E-state index contributed by atoms with van der Waals surface area (Å²) in [4.78, 5) is 9.51. The van der Waals surface area contributed by atoms with Crippen LogP contribution in [0.5, 0.6) is 0 Å². The van der Waals surface area contributed by atoms with Crippen LogP contribution in [0.15, 0.2) is 48.5 Å². The van der Waals surface area contributed by atoms with Crippen molar-refractivity contribution in [2.45, 2.75) is 33.1 Å². The van der Waals surface area contributed by atoms with Gasteiger partial charge in [-0.3, -0.25) is 0 Å². The maximum atomic E-state index is 9.51. The number of carbonyl (C=O) groups is 1. The third kappa shape index (κ3) is 8.97. The summed E-state index contributed by atoms with van der Waals surface area (Å²) in [7, 11) is 0. The van der Waals surface area contributed by atoms with Gasteiger partial charge in [0.05, 0.1) is 0 Å². The molecule has 0 aliphatic heterocycles. The Morgan fingerprint density at radius 3 is 1.53 bits per heavy atom. The molecule has 2 aromatic carbocycles. The molecule has 0 aromatic heterocycles. The number of fused-ring (bicyclic) bond motifs is 1. The monoisotopic (exact) mass is 259 g/mol. The van der Waals surface area contributed by atoms with Gasteiger partial charge in [0.1, 0.15) is 6.29 Å². The largest absolute Gasteiger partial charge is 0.330 e. The minimum Gasteiger partial charge on any atom is -0.330 e. The molecule has 104 valence electrons. The normalized spacial score (nSPS) is 8.79. The number of benzene rings is 2. The number of nitrogens with two attached hydrogens (primary N) is 1. The van der Waals surface area contributed by atoms with Gasteiger partial charge in [-0.05, 0) is 23.7 Å². The smallest absolute Gasteiger partial charge is 0.120 e. The van der Waals surface area contributed by atoms with E-state index in [2.05, 4.69) is 62.4 Å². The fraction of sp³-hybridized carbons (Fsp3) is 0.353. The summed E-state index contributed by atoms with van der Waals surface area (Å²) in [6, 6.07) is 16.7. The summed E-state index contributed by atoms with van der Waals surface area (Å²) in [5.74, 6) is 0. The quantitative estimate of drug-likeness (QED) is 0.663. The molecule has 0 saturated heterocycles. The van der Waals surface area contributed by atoms with E-state index >= 15 is 0 Å². The van der Waals surface area contributed by atoms with Crippen LogP contribution in [0.3, 0.4) is 0 Å². The van der Waals surface area contributed by atoms with Crippen molar-refractivity contribution in [1.29, 1.82) is 0 Å². The highest BCUT2D eigenvalue weighted by atomic mass is 16.1. The summed E-state index contributed by atoms with van der Waals surface area (Å²) in [5.41, 5.74) is 5.06. The molecule has 2 aromatic rings. The van der Waals surface area contributed by atoms with Gasteiger partial charge in [-0.2, -0.15) is 0 Å². The SMILES string of the molecule is CCC.NCCCC=O.c1ccc2ccccc2c1. The average Bonchev–Trinajstić information content (AvgIpc) is 2.47. The summed E-state index contributed by atoms with van der Waals surface area (Å²) < 4.78 is 0. The van der Waals surface area contributed by atoms with E-state index in [4.69, 9.17) is 5.73 Å². The topological polar surface area (TPSA) is 43.1 Å². The molecule has 0 fully saturated rings. The zero-order valence-corrected chi connectivity index (χ0v) is 12.0. The van der Waals surface area contributed by atoms with Gasteiger partial charge in [-0.15, -0.1) is 0 Å². The highest BCUT2D eigenvalue weighted by Crippen LogP contribution is 2.11. The molecule has 0 bridgehead atoms. The van der Waals surface area contributed by atoms with Gasteiger partial charge in [0.15, 0.2) is 0 Å². The Balaban J connectivity index is 0.000000312. The van der Waals surface area contributed by atoms with Crippen LogP contribution in [0.2, 0.25) is 0 Å². The first-order valence-electron chi connectivity index (χ1n) is 6.87. The number of hydrogen-bond donors (Lipinski definition) is 1. The molecule has 2 nitrogen and oxygen atoms in total. The minimum absolute atomic E-state index is 0.608. The third-order valence-corrected chi connectivity index (χ3v) is 2.18. The maximum absolute atomic E-state index is 9.51. The predicted molar refractivity (Wildman–Crippen MR) is 84.3 cm³/mol. The van der Waals surface area contributed by atoms with E-state index < -0.39 is 0 Å². The van der Waals surface area contributed by atoms with Crippen molar-refractivity contribution >= 4 is 17.1 Å². The van der Waals surface area contributed by atoms with E-state index in [1.54, 1.807) is 0 Å². The van der Waals surface area contributed by atoms with Crippen molar-refractivity contribution < 1.29 is 4.79 Å². The zero-order valence-electron chi connectivity index (χ0n) is 12.0. The molecule has 0 saturated carbocycles. The lowest BCUT2D eigenvalue weighted by Gasteiger charge is -1.92. The second-order valence-electron chi connectivity index (χ2n) is 4.15. The van der Waals surface area contributed by atoms with Gasteiger partial charge in [0.2, 0.25) is 0 Å². The first-order chi connectivity index (χ1) is 9.29. The summed E-state index contributed by atoms with van der Waals surface area (Å²) in [5, 5.41) is 2.62. The molecule has 0 radical (unpaired) electrons. The second-order valence-corrected chi connectivity index (χ2v) is 4.15. The Bertz CT molecular complexity index is 374. The van der Waals surface area contributed by atoms with Gasteiger partial charge < -0.3 is 10.5 Å². The standard InChI is InChI=1S/C10H8.C4H9NO.C3H8/c1-2-6-10-8-4-3-7-9(10)5-1;5-3-1-2-4-6;1-3-2/h1-8H;4H,1-3,5H2;3H2,1-2H3. The van der Waals surface area contributed by atoms with E-state index in [1.807, 2.05) is 0 Å². The highest BCUT2D eigenvalue weighted by Gasteiger charge is 1.85. The lowest BCUT2D eigenvalue weighted by molar-refractivity contribution is -0.107. The molecular formula is C17H25NO. The fourth-order valence-corrected chi connectivity index (χ4v) is 1.33. The number of hydrogen-bond acceptors (Lipinski definition) is 2. The van der Waals surface area contributed by atoms with Gasteiger partial charge in [0, 0.05) is 6.42 Å². The maximum Gasteiger partial charge on any atom is 0.120 e. The van der Waals surface area contributed by atoms with Crippen LogP contribution >= 0.6 is 0 Å². The van der Waals surface area contributed by atoms with Gasteiger partial charge in [0.25, 0.3) is 0 Å². The summed E-state index contributed by atoms with van der Waals surface area (Å²) in [6.07, 6.45) is 3.56. The number of rotatable bonds is 3. The number of unbranched alkanes of at least 4 members (excludes halogenated alkanes) is 1. The van der Waals surface area contributed by atoms with Crippen LogP contribution in [0.25, 0.3) is 10.8 Å². The van der Waals surface area contributed by atoms with Crippen LogP contribution in [-0.2, 0) is 4.79 Å². The predicted octanol–water partition coefficient (Wildman–Crippen LogP) is 4.18. The Morgan fingerprint density at radius 2 is 1.32 bits per heavy atom. The van der Waals surface area contributed by atoms with Crippen LogP contribution in [0, 0.1) is 0 Å². The van der Waals surface area contributed by atoms with Crippen LogP contribution < -0.4 is 5.73 Å². The van der Waals surface area contributed by atoms with E-state index in [0.717, 1.165) is 12.7 Å². The van der Waals surface area contributed by atoms with Gasteiger partial charge in [-0.1, -0.05) is 68.8 Å². The van der Waals surface area contributed by atoms with Crippen LogP contribution in [0.4, 0.5) is 0 Å².